The van der Waals surface area contributed by atoms with Gasteiger partial charge in [-0.3, -0.25) is 9.59 Å². The fraction of sp³-hybridized carbons (Fsp3) is 0.556. The number of carbonyl (C=O) groups excluding carboxylic acids is 2. The summed E-state index contributed by atoms with van der Waals surface area (Å²) >= 11 is 0. The molecule has 2 unspecified atom stereocenters. The zero-order valence-electron chi connectivity index (χ0n) is 13.4. The van der Waals surface area contributed by atoms with E-state index in [9.17, 15) is 9.59 Å². The number of piperazine rings is 1. The van der Waals surface area contributed by atoms with Gasteiger partial charge >= 0.3 is 0 Å². The Hall–Kier alpha value is -1.84. The molecule has 1 aromatic rings. The van der Waals surface area contributed by atoms with Crippen LogP contribution < -0.4 is 0 Å². The minimum absolute atomic E-state index is 0.0783. The van der Waals surface area contributed by atoms with E-state index in [1.54, 1.807) is 0 Å². The van der Waals surface area contributed by atoms with Gasteiger partial charge in [-0.15, -0.1) is 0 Å². The van der Waals surface area contributed by atoms with Crippen molar-refractivity contribution in [1.82, 2.24) is 9.80 Å². The average Bonchev–Trinajstić information content (AvgIpc) is 3.30. The predicted octanol–water partition coefficient (Wildman–Crippen LogP) is 2.19. The summed E-state index contributed by atoms with van der Waals surface area (Å²) in [6.45, 7) is 6.85. The highest BCUT2D eigenvalue weighted by Gasteiger charge is 2.42. The molecule has 0 radical (unpaired) electrons. The third-order valence-electron chi connectivity index (χ3n) is 4.91. The molecule has 1 aromatic carbocycles. The van der Waals surface area contributed by atoms with E-state index in [2.05, 4.69) is 13.8 Å². The number of aryl methyl sites for hydroxylation is 1. The van der Waals surface area contributed by atoms with Crippen molar-refractivity contribution in [2.75, 3.05) is 26.2 Å². The Morgan fingerprint density at radius 1 is 1.05 bits per heavy atom. The van der Waals surface area contributed by atoms with Gasteiger partial charge in [0, 0.05) is 37.7 Å². The summed E-state index contributed by atoms with van der Waals surface area (Å²) in [7, 11) is 0. The lowest BCUT2D eigenvalue weighted by Gasteiger charge is -2.35. The molecular formula is C18H24N2O2. The van der Waals surface area contributed by atoms with Crippen LogP contribution in [0.2, 0.25) is 0 Å². The maximum Gasteiger partial charge on any atom is 0.253 e. The topological polar surface area (TPSA) is 40.6 Å². The van der Waals surface area contributed by atoms with E-state index in [1.807, 2.05) is 34.1 Å². The molecule has 2 aliphatic rings. The Morgan fingerprint density at radius 2 is 1.59 bits per heavy atom. The number of nitrogens with zero attached hydrogens (tertiary/aromatic N) is 2. The molecule has 0 bridgehead atoms. The van der Waals surface area contributed by atoms with Crippen molar-refractivity contribution in [3.05, 3.63) is 35.4 Å². The molecule has 2 amide bonds. The minimum atomic E-state index is 0.0783. The zero-order chi connectivity index (χ0) is 15.7. The number of hydrogen-bond donors (Lipinski definition) is 0. The Bertz CT molecular complexity index is 559. The number of rotatable bonds is 3. The first-order chi connectivity index (χ1) is 10.6. The number of amides is 2. The Morgan fingerprint density at radius 3 is 2.09 bits per heavy atom. The number of benzene rings is 1. The maximum absolute atomic E-state index is 12.5. The van der Waals surface area contributed by atoms with Crippen LogP contribution in [0.4, 0.5) is 0 Å². The second-order valence-electron chi connectivity index (χ2n) is 6.49. The van der Waals surface area contributed by atoms with Crippen LogP contribution in [0.25, 0.3) is 0 Å². The fourth-order valence-electron chi connectivity index (χ4n) is 3.10. The van der Waals surface area contributed by atoms with Crippen LogP contribution >= 0.6 is 0 Å². The largest absolute Gasteiger partial charge is 0.339 e. The summed E-state index contributed by atoms with van der Waals surface area (Å²) in [5, 5.41) is 0. The van der Waals surface area contributed by atoms with Crippen LogP contribution in [0.15, 0.2) is 24.3 Å². The summed E-state index contributed by atoms with van der Waals surface area (Å²) in [4.78, 5) is 28.5. The maximum atomic E-state index is 12.5. The Labute approximate surface area is 132 Å². The molecule has 1 saturated heterocycles. The summed E-state index contributed by atoms with van der Waals surface area (Å²) in [5.74, 6) is 1.15. The van der Waals surface area contributed by atoms with E-state index in [0.29, 0.717) is 32.1 Å². The Balaban J connectivity index is 1.56. The molecule has 1 saturated carbocycles. The van der Waals surface area contributed by atoms with Gasteiger partial charge in [-0.05, 0) is 36.5 Å². The van der Waals surface area contributed by atoms with E-state index in [4.69, 9.17) is 0 Å². The van der Waals surface area contributed by atoms with E-state index < -0.39 is 0 Å². The van der Waals surface area contributed by atoms with Gasteiger partial charge in [0.25, 0.3) is 5.91 Å². The molecule has 0 spiro atoms. The van der Waals surface area contributed by atoms with Crippen LogP contribution in [0.1, 0.15) is 36.2 Å². The summed E-state index contributed by atoms with van der Waals surface area (Å²) in [6, 6.07) is 7.85. The first kappa shape index (κ1) is 15.1. The molecule has 118 valence electrons. The lowest BCUT2D eigenvalue weighted by molar-refractivity contribution is -0.134. The Kier molecular flexibility index (Phi) is 4.19. The van der Waals surface area contributed by atoms with Crippen molar-refractivity contribution in [3.63, 3.8) is 0 Å². The molecule has 1 aliphatic heterocycles. The molecule has 0 N–H and O–H groups in total. The van der Waals surface area contributed by atoms with Crippen molar-refractivity contribution >= 4 is 11.8 Å². The van der Waals surface area contributed by atoms with Gasteiger partial charge in [0.2, 0.25) is 5.91 Å². The lowest BCUT2D eigenvalue weighted by Crippen LogP contribution is -2.51. The van der Waals surface area contributed by atoms with Gasteiger partial charge in [-0.25, -0.2) is 0 Å². The van der Waals surface area contributed by atoms with Crippen LogP contribution in [0.5, 0.6) is 0 Å². The monoisotopic (exact) mass is 300 g/mol. The molecule has 3 rings (SSSR count). The molecule has 0 aromatic heterocycles. The SMILES string of the molecule is CCc1ccc(C(=O)N2CCN(C(=O)C3CC3C)CC2)cc1. The van der Waals surface area contributed by atoms with Crippen molar-refractivity contribution in [2.45, 2.75) is 26.7 Å². The van der Waals surface area contributed by atoms with Gasteiger partial charge in [0.15, 0.2) is 0 Å². The van der Waals surface area contributed by atoms with Gasteiger partial charge in [-0.1, -0.05) is 26.0 Å². The normalized spacial score (nSPS) is 24.3. The second kappa shape index (κ2) is 6.11. The van der Waals surface area contributed by atoms with Crippen LogP contribution in [0.3, 0.4) is 0 Å². The van der Waals surface area contributed by atoms with Crippen LogP contribution in [-0.4, -0.2) is 47.8 Å². The third-order valence-corrected chi connectivity index (χ3v) is 4.91. The molecule has 2 atom stereocenters. The van der Waals surface area contributed by atoms with E-state index in [-0.39, 0.29) is 17.7 Å². The number of hydrogen-bond acceptors (Lipinski definition) is 2. The molecule has 2 fully saturated rings. The summed E-state index contributed by atoms with van der Waals surface area (Å²) in [6.07, 6.45) is 2.01. The highest BCUT2D eigenvalue weighted by atomic mass is 16.2. The molecular weight excluding hydrogens is 276 g/mol. The summed E-state index contributed by atoms with van der Waals surface area (Å²) in [5.41, 5.74) is 1.98. The first-order valence-corrected chi connectivity index (χ1v) is 8.27. The van der Waals surface area contributed by atoms with Gasteiger partial charge in [0.1, 0.15) is 0 Å². The summed E-state index contributed by atoms with van der Waals surface area (Å²) < 4.78 is 0. The average molecular weight is 300 g/mol. The molecule has 4 nitrogen and oxygen atoms in total. The van der Waals surface area contributed by atoms with Crippen molar-refractivity contribution in [1.29, 1.82) is 0 Å². The fourth-order valence-corrected chi connectivity index (χ4v) is 3.10. The second-order valence-corrected chi connectivity index (χ2v) is 6.49. The van der Waals surface area contributed by atoms with Crippen molar-refractivity contribution in [3.8, 4) is 0 Å². The van der Waals surface area contributed by atoms with Gasteiger partial charge in [-0.2, -0.15) is 0 Å². The van der Waals surface area contributed by atoms with E-state index >= 15 is 0 Å². The molecule has 1 heterocycles. The van der Waals surface area contributed by atoms with E-state index in [1.165, 1.54) is 5.56 Å². The highest BCUT2D eigenvalue weighted by Crippen LogP contribution is 2.39. The highest BCUT2D eigenvalue weighted by molar-refractivity contribution is 5.94. The van der Waals surface area contributed by atoms with Crippen LogP contribution in [-0.2, 0) is 11.2 Å². The molecule has 4 heteroatoms. The molecule has 1 aliphatic carbocycles. The smallest absolute Gasteiger partial charge is 0.253 e. The van der Waals surface area contributed by atoms with Gasteiger partial charge < -0.3 is 9.80 Å². The number of carbonyl (C=O) groups is 2. The predicted molar refractivity (Wildman–Crippen MR) is 85.6 cm³/mol. The van der Waals surface area contributed by atoms with Crippen molar-refractivity contribution < 1.29 is 9.59 Å². The quantitative estimate of drug-likeness (QED) is 0.858. The lowest BCUT2D eigenvalue weighted by atomic mass is 10.1. The minimum Gasteiger partial charge on any atom is -0.339 e. The standard InChI is InChI=1S/C18H24N2O2/c1-3-14-4-6-15(7-5-14)17(21)19-8-10-20(11-9-19)18(22)16-12-13(16)2/h4-7,13,16H,3,8-12H2,1-2H3. The molecule has 22 heavy (non-hydrogen) atoms. The van der Waals surface area contributed by atoms with Gasteiger partial charge in [0.05, 0.1) is 0 Å². The van der Waals surface area contributed by atoms with E-state index in [0.717, 1.165) is 18.4 Å². The first-order valence-electron chi connectivity index (χ1n) is 8.27. The van der Waals surface area contributed by atoms with Crippen molar-refractivity contribution in [2.24, 2.45) is 11.8 Å². The zero-order valence-corrected chi connectivity index (χ0v) is 13.4. The third kappa shape index (κ3) is 3.01. The van der Waals surface area contributed by atoms with Crippen LogP contribution in [0, 0.1) is 11.8 Å².